The number of primary sulfonamides is 1. The molecular weight excluding hydrogens is 262 g/mol. The van der Waals surface area contributed by atoms with Crippen molar-refractivity contribution >= 4 is 21.4 Å². The van der Waals surface area contributed by atoms with Crippen molar-refractivity contribution in [1.82, 2.24) is 0 Å². The van der Waals surface area contributed by atoms with Crippen molar-refractivity contribution in [2.75, 3.05) is 23.7 Å². The molecule has 1 fully saturated rings. The standard InChI is InChI=1S/C13H21N3O2S/c14-13-11(7-6-8-12(13)19(15,17)18)16-9-4-2-1-3-5-10-16/h6-8H,1-5,9-10,14H2,(H2,15,17,18). The van der Waals surface area contributed by atoms with Gasteiger partial charge in [0.05, 0.1) is 11.4 Å². The molecule has 5 nitrogen and oxygen atoms in total. The molecule has 0 radical (unpaired) electrons. The number of nitrogen functional groups attached to an aromatic ring is 1. The fraction of sp³-hybridized carbons (Fsp3) is 0.538. The van der Waals surface area contributed by atoms with E-state index in [0.717, 1.165) is 31.6 Å². The second-order valence-corrected chi connectivity index (χ2v) is 6.52. The lowest BCUT2D eigenvalue weighted by Gasteiger charge is -2.28. The zero-order valence-electron chi connectivity index (χ0n) is 11.0. The summed E-state index contributed by atoms with van der Waals surface area (Å²) in [5, 5.41) is 5.19. The SMILES string of the molecule is Nc1c(N2CCCCCCC2)cccc1S(N)(=O)=O. The molecule has 0 bridgehead atoms. The van der Waals surface area contributed by atoms with E-state index in [2.05, 4.69) is 4.90 Å². The smallest absolute Gasteiger partial charge is 0.240 e. The molecule has 6 heteroatoms. The Morgan fingerprint density at radius 2 is 1.58 bits per heavy atom. The maximum atomic E-state index is 11.5. The van der Waals surface area contributed by atoms with Crippen LogP contribution in [0, 0.1) is 0 Å². The Labute approximate surface area is 114 Å². The van der Waals surface area contributed by atoms with E-state index in [1.165, 1.54) is 25.3 Å². The lowest BCUT2D eigenvalue weighted by Crippen LogP contribution is -2.28. The second-order valence-electron chi connectivity index (χ2n) is 4.99. The molecule has 1 aliphatic rings. The lowest BCUT2D eigenvalue weighted by molar-refractivity contribution is 0.556. The van der Waals surface area contributed by atoms with Crippen molar-refractivity contribution in [1.29, 1.82) is 0 Å². The Hall–Kier alpha value is -1.27. The third-order valence-corrected chi connectivity index (χ3v) is 4.52. The third kappa shape index (κ3) is 3.39. The summed E-state index contributed by atoms with van der Waals surface area (Å²) in [5.74, 6) is 0. The summed E-state index contributed by atoms with van der Waals surface area (Å²) < 4.78 is 23.0. The molecule has 0 unspecified atom stereocenters. The Morgan fingerprint density at radius 1 is 1.00 bits per heavy atom. The highest BCUT2D eigenvalue weighted by atomic mass is 32.2. The van der Waals surface area contributed by atoms with Crippen molar-refractivity contribution in [2.24, 2.45) is 5.14 Å². The number of sulfonamides is 1. The van der Waals surface area contributed by atoms with Crippen LogP contribution in [0.3, 0.4) is 0 Å². The summed E-state index contributed by atoms with van der Waals surface area (Å²) in [7, 11) is -3.76. The zero-order chi connectivity index (χ0) is 13.9. The Bertz CT molecular complexity index is 535. The van der Waals surface area contributed by atoms with Gasteiger partial charge in [0.25, 0.3) is 0 Å². The van der Waals surface area contributed by atoms with Crippen LogP contribution >= 0.6 is 0 Å². The Morgan fingerprint density at radius 3 is 2.16 bits per heavy atom. The highest BCUT2D eigenvalue weighted by molar-refractivity contribution is 7.89. The Balaban J connectivity index is 2.33. The summed E-state index contributed by atoms with van der Waals surface area (Å²) in [6.45, 7) is 1.83. The molecule has 0 spiro atoms. The summed E-state index contributed by atoms with van der Waals surface area (Å²) in [6.07, 6.45) is 5.93. The van der Waals surface area contributed by atoms with E-state index in [-0.39, 0.29) is 10.6 Å². The van der Waals surface area contributed by atoms with E-state index in [0.29, 0.717) is 0 Å². The lowest BCUT2D eigenvalue weighted by atomic mass is 10.1. The van der Waals surface area contributed by atoms with Gasteiger partial charge in [0, 0.05) is 13.1 Å². The first kappa shape index (κ1) is 14.1. The molecule has 0 saturated carbocycles. The maximum Gasteiger partial charge on any atom is 0.240 e. The van der Waals surface area contributed by atoms with Crippen LogP contribution in [-0.2, 0) is 10.0 Å². The summed E-state index contributed by atoms with van der Waals surface area (Å²) in [5.41, 5.74) is 7.04. The van der Waals surface area contributed by atoms with E-state index in [1.54, 1.807) is 6.07 Å². The average molecular weight is 283 g/mol. The molecule has 0 aliphatic carbocycles. The molecule has 4 N–H and O–H groups in total. The quantitative estimate of drug-likeness (QED) is 0.808. The fourth-order valence-corrected chi connectivity index (χ4v) is 3.22. The van der Waals surface area contributed by atoms with Gasteiger partial charge in [0.15, 0.2) is 0 Å². The molecule has 0 amide bonds. The van der Waals surface area contributed by atoms with Crippen LogP contribution in [0.15, 0.2) is 23.1 Å². The predicted octanol–water partition coefficient (Wildman–Crippen LogP) is 1.69. The van der Waals surface area contributed by atoms with Gasteiger partial charge in [-0.25, -0.2) is 13.6 Å². The van der Waals surface area contributed by atoms with Gasteiger partial charge in [0.2, 0.25) is 10.0 Å². The van der Waals surface area contributed by atoms with Crippen LogP contribution in [0.5, 0.6) is 0 Å². The first-order chi connectivity index (χ1) is 9.00. The van der Waals surface area contributed by atoms with Crippen LogP contribution < -0.4 is 15.8 Å². The normalized spacial score (nSPS) is 17.8. The van der Waals surface area contributed by atoms with Crippen molar-refractivity contribution < 1.29 is 8.42 Å². The van der Waals surface area contributed by atoms with E-state index < -0.39 is 10.0 Å². The molecule has 1 aromatic rings. The summed E-state index contributed by atoms with van der Waals surface area (Å²) >= 11 is 0. The van der Waals surface area contributed by atoms with Crippen LogP contribution in [0.4, 0.5) is 11.4 Å². The monoisotopic (exact) mass is 283 g/mol. The zero-order valence-corrected chi connectivity index (χ0v) is 11.8. The van der Waals surface area contributed by atoms with Gasteiger partial charge in [0.1, 0.15) is 4.90 Å². The number of rotatable bonds is 2. The van der Waals surface area contributed by atoms with Gasteiger partial charge in [-0.15, -0.1) is 0 Å². The first-order valence-corrected chi connectivity index (χ1v) is 8.21. The van der Waals surface area contributed by atoms with Gasteiger partial charge < -0.3 is 10.6 Å². The van der Waals surface area contributed by atoms with Gasteiger partial charge in [-0.3, -0.25) is 0 Å². The minimum Gasteiger partial charge on any atom is -0.396 e. The molecule has 1 saturated heterocycles. The second kappa shape index (κ2) is 5.79. The average Bonchev–Trinajstić information content (AvgIpc) is 2.28. The van der Waals surface area contributed by atoms with E-state index in [1.807, 2.05) is 6.07 Å². The molecule has 1 heterocycles. The first-order valence-electron chi connectivity index (χ1n) is 6.66. The van der Waals surface area contributed by atoms with Crippen molar-refractivity contribution in [3.63, 3.8) is 0 Å². The molecule has 2 rings (SSSR count). The number of benzene rings is 1. The topological polar surface area (TPSA) is 89.4 Å². The Kier molecular flexibility index (Phi) is 4.31. The van der Waals surface area contributed by atoms with Crippen molar-refractivity contribution in [3.8, 4) is 0 Å². The van der Waals surface area contributed by atoms with Crippen LogP contribution in [-0.4, -0.2) is 21.5 Å². The van der Waals surface area contributed by atoms with Gasteiger partial charge in [-0.05, 0) is 25.0 Å². The van der Waals surface area contributed by atoms with Crippen molar-refractivity contribution in [2.45, 2.75) is 37.0 Å². The number of para-hydroxylation sites is 1. The van der Waals surface area contributed by atoms with Crippen molar-refractivity contribution in [3.05, 3.63) is 18.2 Å². The number of anilines is 2. The van der Waals surface area contributed by atoms with Crippen LogP contribution in [0.2, 0.25) is 0 Å². The highest BCUT2D eigenvalue weighted by Crippen LogP contribution is 2.30. The fourth-order valence-electron chi connectivity index (χ4n) is 2.54. The van der Waals surface area contributed by atoms with E-state index in [9.17, 15) is 8.42 Å². The minimum atomic E-state index is -3.76. The van der Waals surface area contributed by atoms with Gasteiger partial charge in [-0.2, -0.15) is 0 Å². The number of hydrogen-bond donors (Lipinski definition) is 2. The molecule has 0 atom stereocenters. The maximum absolute atomic E-state index is 11.5. The number of hydrogen-bond acceptors (Lipinski definition) is 4. The minimum absolute atomic E-state index is 0.0204. The largest absolute Gasteiger partial charge is 0.396 e. The molecule has 1 aromatic carbocycles. The molecule has 0 aromatic heterocycles. The molecule has 1 aliphatic heterocycles. The number of nitrogens with two attached hydrogens (primary N) is 2. The van der Waals surface area contributed by atoms with Gasteiger partial charge in [-0.1, -0.05) is 25.3 Å². The van der Waals surface area contributed by atoms with E-state index in [4.69, 9.17) is 10.9 Å². The summed E-state index contributed by atoms with van der Waals surface area (Å²) in [4.78, 5) is 2.19. The van der Waals surface area contributed by atoms with Crippen LogP contribution in [0.25, 0.3) is 0 Å². The molecule has 19 heavy (non-hydrogen) atoms. The third-order valence-electron chi connectivity index (χ3n) is 3.55. The summed E-state index contributed by atoms with van der Waals surface area (Å²) in [6, 6.07) is 5.02. The van der Waals surface area contributed by atoms with E-state index >= 15 is 0 Å². The highest BCUT2D eigenvalue weighted by Gasteiger charge is 2.18. The van der Waals surface area contributed by atoms with Crippen LogP contribution in [0.1, 0.15) is 32.1 Å². The van der Waals surface area contributed by atoms with Gasteiger partial charge >= 0.3 is 0 Å². The molecular formula is C13H21N3O2S. The molecule has 106 valence electrons. The number of nitrogens with zero attached hydrogens (tertiary/aromatic N) is 1. The predicted molar refractivity (Wildman–Crippen MR) is 77.5 cm³/mol.